The predicted octanol–water partition coefficient (Wildman–Crippen LogP) is 3.52. The van der Waals surface area contributed by atoms with Gasteiger partial charge in [-0.25, -0.2) is 19.2 Å². The second-order valence-electron chi connectivity index (χ2n) is 9.04. The summed E-state index contributed by atoms with van der Waals surface area (Å²) in [5, 5.41) is 6.35. The number of oxazole rings is 1. The molecular formula is C23H25FN6O2. The van der Waals surface area contributed by atoms with Gasteiger partial charge in [0.25, 0.3) is 0 Å². The number of pyridine rings is 1. The lowest BCUT2D eigenvalue weighted by Gasteiger charge is -2.36. The zero-order valence-corrected chi connectivity index (χ0v) is 18.2. The first-order chi connectivity index (χ1) is 15.4. The number of nitrogens with one attached hydrogen (secondary N) is 2. The van der Waals surface area contributed by atoms with Gasteiger partial charge in [0, 0.05) is 67.7 Å². The van der Waals surface area contributed by atoms with Gasteiger partial charge in [-0.2, -0.15) is 0 Å². The Kier molecular flexibility index (Phi) is 4.20. The molecule has 0 radical (unpaired) electrons. The van der Waals surface area contributed by atoms with Crippen LogP contribution in [0.4, 0.5) is 26.4 Å². The normalized spacial score (nSPS) is 19.0. The van der Waals surface area contributed by atoms with E-state index in [0.29, 0.717) is 34.9 Å². The van der Waals surface area contributed by atoms with Crippen molar-refractivity contribution in [2.45, 2.75) is 38.6 Å². The van der Waals surface area contributed by atoms with E-state index in [4.69, 9.17) is 4.42 Å². The summed E-state index contributed by atoms with van der Waals surface area (Å²) in [5.74, 6) is 0.602. The van der Waals surface area contributed by atoms with Gasteiger partial charge in [-0.05, 0) is 32.3 Å². The molecule has 9 heteroatoms. The summed E-state index contributed by atoms with van der Waals surface area (Å²) in [7, 11) is 0. The van der Waals surface area contributed by atoms with Crippen molar-refractivity contribution < 1.29 is 13.6 Å². The molecular weight excluding hydrogens is 411 g/mol. The number of carbonyl (C=O) groups is 1. The van der Waals surface area contributed by atoms with Crippen LogP contribution in [0, 0.1) is 19.7 Å². The second kappa shape index (κ2) is 6.90. The van der Waals surface area contributed by atoms with Gasteiger partial charge in [0.15, 0.2) is 17.3 Å². The maximum atomic E-state index is 14.9. The fourth-order valence-electron chi connectivity index (χ4n) is 5.00. The number of piperazine rings is 1. The number of fused-ring (bicyclic) bond motifs is 2. The number of carbonyl (C=O) groups excluding carboxylic acids is 1. The fraction of sp³-hybridized carbons (Fsp3) is 0.435. The highest BCUT2D eigenvalue weighted by Gasteiger charge is 2.46. The third-order valence-corrected chi connectivity index (χ3v) is 6.86. The summed E-state index contributed by atoms with van der Waals surface area (Å²) in [6, 6.07) is 3.14. The number of urea groups is 1. The van der Waals surface area contributed by atoms with Crippen LogP contribution in [0.5, 0.6) is 0 Å². The number of hydrogen-bond donors (Lipinski definition) is 2. The number of amides is 2. The maximum Gasteiger partial charge on any atom is 0.327 e. The Morgan fingerprint density at radius 1 is 1.31 bits per heavy atom. The van der Waals surface area contributed by atoms with Crippen molar-refractivity contribution in [1.82, 2.24) is 15.3 Å². The van der Waals surface area contributed by atoms with Gasteiger partial charge in [0.1, 0.15) is 11.3 Å². The number of aryl methyl sites for hydroxylation is 2. The molecule has 32 heavy (non-hydrogen) atoms. The fourth-order valence-corrected chi connectivity index (χ4v) is 5.00. The van der Waals surface area contributed by atoms with Gasteiger partial charge < -0.3 is 20.0 Å². The summed E-state index contributed by atoms with van der Waals surface area (Å²) in [6.07, 6.45) is 4.91. The number of anilines is 3. The molecule has 0 atom stereocenters. The standard InChI is InChI=1S/C23H25FN6O2/c1-13-19(24)16(11-18-20(13)27-14(2)32-18)28-22(31)30-9-4-15-17(3-7-25-21(15)30)29-10-8-26-23(12-29)5-6-23/h3,7,11,26H,4-6,8-10,12H2,1-2H3,(H,28,31). The minimum atomic E-state index is -0.504. The molecule has 166 valence electrons. The molecule has 2 amide bonds. The molecule has 4 heterocycles. The molecule has 2 aromatic heterocycles. The Morgan fingerprint density at radius 2 is 2.16 bits per heavy atom. The molecule has 2 aliphatic heterocycles. The molecule has 0 unspecified atom stereocenters. The van der Waals surface area contributed by atoms with Crippen LogP contribution in [0.25, 0.3) is 11.1 Å². The number of hydrogen-bond acceptors (Lipinski definition) is 6. The molecule has 1 saturated carbocycles. The van der Waals surface area contributed by atoms with Crippen molar-refractivity contribution in [3.8, 4) is 0 Å². The van der Waals surface area contributed by atoms with E-state index in [0.717, 1.165) is 37.3 Å². The quantitative estimate of drug-likeness (QED) is 0.639. The third-order valence-electron chi connectivity index (χ3n) is 6.86. The zero-order valence-electron chi connectivity index (χ0n) is 18.2. The number of aromatic nitrogens is 2. The molecule has 3 aliphatic rings. The molecule has 0 bridgehead atoms. The van der Waals surface area contributed by atoms with Crippen molar-refractivity contribution in [2.24, 2.45) is 0 Å². The number of halogens is 1. The van der Waals surface area contributed by atoms with Gasteiger partial charge in [0.05, 0.1) is 5.69 Å². The van der Waals surface area contributed by atoms with Crippen LogP contribution in [0.1, 0.15) is 29.9 Å². The predicted molar refractivity (Wildman–Crippen MR) is 120 cm³/mol. The average Bonchev–Trinajstić information content (AvgIpc) is 3.20. The lowest BCUT2D eigenvalue weighted by molar-refractivity contribution is 0.257. The van der Waals surface area contributed by atoms with Crippen LogP contribution < -0.4 is 20.4 Å². The number of nitrogens with zero attached hydrogens (tertiary/aromatic N) is 4. The lowest BCUT2D eigenvalue weighted by atomic mass is 10.1. The SMILES string of the molecule is Cc1nc2c(C)c(F)c(NC(=O)N3CCc4c(N5CCNC6(CC6)C5)ccnc43)cc2o1. The summed E-state index contributed by atoms with van der Waals surface area (Å²) in [4.78, 5) is 25.9. The smallest absolute Gasteiger partial charge is 0.327 e. The van der Waals surface area contributed by atoms with Gasteiger partial charge >= 0.3 is 6.03 Å². The molecule has 1 spiro atoms. The number of rotatable bonds is 2. The van der Waals surface area contributed by atoms with Gasteiger partial charge in [0.2, 0.25) is 0 Å². The molecule has 1 aliphatic carbocycles. The first kappa shape index (κ1) is 19.5. The molecule has 2 fully saturated rings. The van der Waals surface area contributed by atoms with Crippen molar-refractivity contribution >= 4 is 34.3 Å². The van der Waals surface area contributed by atoms with Crippen LogP contribution >= 0.6 is 0 Å². The van der Waals surface area contributed by atoms with Gasteiger partial charge in [-0.1, -0.05) is 0 Å². The maximum absolute atomic E-state index is 14.9. The summed E-state index contributed by atoms with van der Waals surface area (Å²) < 4.78 is 20.5. The van der Waals surface area contributed by atoms with Crippen molar-refractivity contribution in [2.75, 3.05) is 41.3 Å². The van der Waals surface area contributed by atoms with E-state index in [2.05, 4.69) is 25.5 Å². The summed E-state index contributed by atoms with van der Waals surface area (Å²) >= 11 is 0. The monoisotopic (exact) mass is 436 g/mol. The van der Waals surface area contributed by atoms with Crippen molar-refractivity contribution in [1.29, 1.82) is 0 Å². The van der Waals surface area contributed by atoms with Crippen LogP contribution in [-0.4, -0.2) is 47.7 Å². The highest BCUT2D eigenvalue weighted by atomic mass is 19.1. The van der Waals surface area contributed by atoms with Crippen LogP contribution in [0.15, 0.2) is 22.7 Å². The second-order valence-corrected chi connectivity index (χ2v) is 9.04. The minimum absolute atomic E-state index is 0.0820. The average molecular weight is 436 g/mol. The molecule has 2 N–H and O–H groups in total. The van der Waals surface area contributed by atoms with Crippen LogP contribution in [-0.2, 0) is 6.42 Å². The van der Waals surface area contributed by atoms with E-state index in [-0.39, 0.29) is 11.2 Å². The third kappa shape index (κ3) is 3.02. The van der Waals surface area contributed by atoms with E-state index in [1.807, 2.05) is 6.07 Å². The van der Waals surface area contributed by atoms with Crippen LogP contribution in [0.2, 0.25) is 0 Å². The minimum Gasteiger partial charge on any atom is -0.441 e. The number of benzene rings is 1. The Balaban J connectivity index is 1.28. The molecule has 6 rings (SSSR count). The highest BCUT2D eigenvalue weighted by molar-refractivity contribution is 6.04. The van der Waals surface area contributed by atoms with Crippen molar-refractivity contribution in [3.05, 3.63) is 41.2 Å². The largest absolute Gasteiger partial charge is 0.441 e. The summed E-state index contributed by atoms with van der Waals surface area (Å²) in [6.45, 7) is 6.73. The topological polar surface area (TPSA) is 86.5 Å². The van der Waals surface area contributed by atoms with E-state index in [9.17, 15) is 9.18 Å². The zero-order chi connectivity index (χ0) is 22.0. The van der Waals surface area contributed by atoms with Gasteiger partial charge in [-0.15, -0.1) is 0 Å². The molecule has 1 aromatic carbocycles. The van der Waals surface area contributed by atoms with E-state index >= 15 is 0 Å². The van der Waals surface area contributed by atoms with E-state index in [1.54, 1.807) is 24.9 Å². The van der Waals surface area contributed by atoms with Crippen molar-refractivity contribution in [3.63, 3.8) is 0 Å². The highest BCUT2D eigenvalue weighted by Crippen LogP contribution is 2.41. The molecule has 8 nitrogen and oxygen atoms in total. The molecule has 1 saturated heterocycles. The summed E-state index contributed by atoms with van der Waals surface area (Å²) in [5.41, 5.74) is 3.85. The Hall–Kier alpha value is -3.20. The lowest BCUT2D eigenvalue weighted by Crippen LogP contribution is -2.52. The Morgan fingerprint density at radius 3 is 2.97 bits per heavy atom. The van der Waals surface area contributed by atoms with E-state index < -0.39 is 11.8 Å². The Labute approximate surface area is 184 Å². The van der Waals surface area contributed by atoms with Crippen LogP contribution in [0.3, 0.4) is 0 Å². The first-order valence-electron chi connectivity index (χ1n) is 11.1. The van der Waals surface area contributed by atoms with Gasteiger partial charge in [-0.3, -0.25) is 4.90 Å². The Bertz CT molecular complexity index is 1250. The van der Waals surface area contributed by atoms with E-state index in [1.165, 1.54) is 18.9 Å². The molecule has 3 aromatic rings. The first-order valence-corrected chi connectivity index (χ1v) is 11.1.